The molecule has 1 aromatic rings. The van der Waals surface area contributed by atoms with Gasteiger partial charge in [-0.05, 0) is 47.5 Å². The van der Waals surface area contributed by atoms with Gasteiger partial charge in [0.1, 0.15) is 12.1 Å². The number of allylic oxidation sites excluding steroid dienone is 1. The fourth-order valence-electron chi connectivity index (χ4n) is 4.26. The number of thioether (sulfide) groups is 1. The van der Waals surface area contributed by atoms with Gasteiger partial charge in [0.15, 0.2) is 0 Å². The van der Waals surface area contributed by atoms with E-state index in [1.807, 2.05) is 4.90 Å². The van der Waals surface area contributed by atoms with E-state index in [9.17, 15) is 4.79 Å². The molecule has 2 N–H and O–H groups in total. The third-order valence-corrected chi connectivity index (χ3v) is 7.79. The summed E-state index contributed by atoms with van der Waals surface area (Å²) >= 11 is 5.28. The SMILES string of the molecule is C[C@@H]1CCc2ncnc(N3CCN(C(=O)[C@H](N)CC4CC=C(Br)S4)CC3)c21. The van der Waals surface area contributed by atoms with Crippen LogP contribution in [0.4, 0.5) is 5.82 Å². The van der Waals surface area contributed by atoms with Crippen LogP contribution < -0.4 is 10.6 Å². The zero-order valence-electron chi connectivity index (χ0n) is 15.6. The predicted octanol–water partition coefficient (Wildman–Crippen LogP) is 2.63. The van der Waals surface area contributed by atoms with E-state index in [0.717, 1.165) is 48.4 Å². The van der Waals surface area contributed by atoms with Crippen LogP contribution in [0.2, 0.25) is 0 Å². The zero-order chi connectivity index (χ0) is 19.0. The fraction of sp³-hybridized carbons (Fsp3) is 0.632. The number of rotatable bonds is 4. The molecular weight excluding hydrogens is 426 g/mol. The van der Waals surface area contributed by atoms with Crippen LogP contribution in [0.5, 0.6) is 0 Å². The average molecular weight is 452 g/mol. The molecule has 6 nitrogen and oxygen atoms in total. The number of amides is 1. The van der Waals surface area contributed by atoms with Crippen LogP contribution in [0.25, 0.3) is 0 Å². The topological polar surface area (TPSA) is 75.4 Å². The Morgan fingerprint density at radius 2 is 2.15 bits per heavy atom. The number of anilines is 1. The van der Waals surface area contributed by atoms with Crippen molar-refractivity contribution < 1.29 is 4.79 Å². The van der Waals surface area contributed by atoms with Gasteiger partial charge in [-0.3, -0.25) is 4.79 Å². The van der Waals surface area contributed by atoms with Crippen molar-refractivity contribution in [2.24, 2.45) is 5.73 Å². The molecule has 1 amide bonds. The van der Waals surface area contributed by atoms with Crippen LogP contribution in [-0.4, -0.2) is 58.2 Å². The van der Waals surface area contributed by atoms with Crippen molar-refractivity contribution in [3.63, 3.8) is 0 Å². The van der Waals surface area contributed by atoms with Gasteiger partial charge in [0.2, 0.25) is 5.91 Å². The second kappa shape index (κ2) is 8.09. The lowest BCUT2D eigenvalue weighted by molar-refractivity contribution is -0.133. The Morgan fingerprint density at radius 1 is 1.37 bits per heavy atom. The number of piperazine rings is 1. The largest absolute Gasteiger partial charge is 0.353 e. The summed E-state index contributed by atoms with van der Waals surface area (Å²) in [6, 6.07) is -0.413. The Kier molecular flexibility index (Phi) is 5.75. The summed E-state index contributed by atoms with van der Waals surface area (Å²) in [6.07, 6.45) is 7.75. The number of aryl methyl sites for hydroxylation is 1. The van der Waals surface area contributed by atoms with E-state index in [4.69, 9.17) is 5.73 Å². The van der Waals surface area contributed by atoms with Crippen LogP contribution >= 0.6 is 27.7 Å². The highest BCUT2D eigenvalue weighted by Crippen LogP contribution is 2.39. The van der Waals surface area contributed by atoms with E-state index in [-0.39, 0.29) is 5.91 Å². The molecule has 146 valence electrons. The highest BCUT2D eigenvalue weighted by Gasteiger charge is 2.31. The molecule has 0 saturated carbocycles. The number of nitrogens with zero attached hydrogens (tertiary/aromatic N) is 4. The highest BCUT2D eigenvalue weighted by molar-refractivity contribution is 9.14. The van der Waals surface area contributed by atoms with E-state index in [0.29, 0.717) is 24.3 Å². The average Bonchev–Trinajstić information content (AvgIpc) is 3.27. The van der Waals surface area contributed by atoms with Crippen LogP contribution in [0.1, 0.15) is 43.4 Å². The molecule has 3 atom stereocenters. The second-order valence-corrected chi connectivity index (χ2v) is 10.4. The lowest BCUT2D eigenvalue weighted by Gasteiger charge is -2.37. The first-order valence-corrected chi connectivity index (χ1v) is 11.4. The molecule has 1 aromatic heterocycles. The summed E-state index contributed by atoms with van der Waals surface area (Å²) in [7, 11) is 0. The Balaban J connectivity index is 1.34. The maximum atomic E-state index is 12.8. The van der Waals surface area contributed by atoms with Gasteiger partial charge in [-0.2, -0.15) is 0 Å². The molecule has 2 aliphatic heterocycles. The lowest BCUT2D eigenvalue weighted by Crippen LogP contribution is -2.54. The number of fused-ring (bicyclic) bond motifs is 1. The molecule has 4 rings (SSSR count). The van der Waals surface area contributed by atoms with E-state index in [1.165, 1.54) is 11.3 Å². The molecule has 3 aliphatic rings. The summed E-state index contributed by atoms with van der Waals surface area (Å²) in [5.74, 6) is 1.67. The van der Waals surface area contributed by atoms with Gasteiger partial charge in [0.05, 0.1) is 6.04 Å². The van der Waals surface area contributed by atoms with E-state index < -0.39 is 6.04 Å². The molecule has 1 saturated heterocycles. The first-order valence-electron chi connectivity index (χ1n) is 9.68. The van der Waals surface area contributed by atoms with Gasteiger partial charge in [0, 0.05) is 46.5 Å². The van der Waals surface area contributed by atoms with Gasteiger partial charge >= 0.3 is 0 Å². The first-order chi connectivity index (χ1) is 13.0. The zero-order valence-corrected chi connectivity index (χ0v) is 18.0. The van der Waals surface area contributed by atoms with Gasteiger partial charge in [-0.25, -0.2) is 9.97 Å². The van der Waals surface area contributed by atoms with Crippen LogP contribution in [0, 0.1) is 0 Å². The molecule has 0 aromatic carbocycles. The van der Waals surface area contributed by atoms with Crippen LogP contribution in [-0.2, 0) is 11.2 Å². The molecule has 1 fully saturated rings. The number of carbonyl (C=O) groups is 1. The minimum atomic E-state index is -0.413. The third kappa shape index (κ3) is 4.03. The van der Waals surface area contributed by atoms with Gasteiger partial charge < -0.3 is 15.5 Å². The minimum absolute atomic E-state index is 0.0829. The number of hydrogen-bond acceptors (Lipinski definition) is 6. The fourth-order valence-corrected chi connectivity index (χ4v) is 6.24. The van der Waals surface area contributed by atoms with Crippen molar-refractivity contribution in [1.82, 2.24) is 14.9 Å². The maximum Gasteiger partial charge on any atom is 0.239 e. The smallest absolute Gasteiger partial charge is 0.239 e. The standard InChI is InChI=1S/C19H26BrN5OS/c1-12-2-4-15-17(12)18(23-11-22-15)24-6-8-25(9-7-24)19(26)14(21)10-13-3-5-16(20)27-13/h5,11-14H,2-4,6-10,21H2,1H3/t12-,13?,14-/m1/s1. The molecule has 8 heteroatoms. The monoisotopic (exact) mass is 451 g/mol. The van der Waals surface area contributed by atoms with Crippen molar-refractivity contribution in [3.05, 3.63) is 27.5 Å². The van der Waals surface area contributed by atoms with Crippen molar-refractivity contribution in [1.29, 1.82) is 0 Å². The van der Waals surface area contributed by atoms with Crippen molar-refractivity contribution in [2.45, 2.75) is 49.8 Å². The number of nitrogens with two attached hydrogens (primary N) is 1. The minimum Gasteiger partial charge on any atom is -0.353 e. The third-order valence-electron chi connectivity index (χ3n) is 5.80. The molecule has 1 aliphatic carbocycles. The summed E-state index contributed by atoms with van der Waals surface area (Å²) in [6.45, 7) is 5.28. The number of aromatic nitrogens is 2. The predicted molar refractivity (Wildman–Crippen MR) is 113 cm³/mol. The molecule has 0 radical (unpaired) electrons. The molecule has 0 spiro atoms. The Hall–Kier alpha value is -1.12. The van der Waals surface area contributed by atoms with E-state index >= 15 is 0 Å². The van der Waals surface area contributed by atoms with Crippen molar-refractivity contribution in [3.8, 4) is 0 Å². The molecule has 1 unspecified atom stereocenters. The van der Waals surface area contributed by atoms with Crippen molar-refractivity contribution in [2.75, 3.05) is 31.1 Å². The highest BCUT2D eigenvalue weighted by atomic mass is 79.9. The first kappa shape index (κ1) is 19.2. The molecule has 27 heavy (non-hydrogen) atoms. The van der Waals surface area contributed by atoms with Crippen LogP contribution in [0.3, 0.4) is 0 Å². The Morgan fingerprint density at radius 3 is 2.85 bits per heavy atom. The summed E-state index contributed by atoms with van der Waals surface area (Å²) in [4.78, 5) is 26.0. The summed E-state index contributed by atoms with van der Waals surface area (Å²) in [5.41, 5.74) is 8.74. The normalized spacial score (nSPS) is 26.1. The van der Waals surface area contributed by atoms with Crippen LogP contribution in [0.15, 0.2) is 16.2 Å². The van der Waals surface area contributed by atoms with Gasteiger partial charge in [0.25, 0.3) is 0 Å². The maximum absolute atomic E-state index is 12.8. The van der Waals surface area contributed by atoms with Gasteiger partial charge in [-0.15, -0.1) is 11.8 Å². The lowest BCUT2D eigenvalue weighted by atomic mass is 10.0. The Labute approximate surface area is 173 Å². The van der Waals surface area contributed by atoms with E-state index in [1.54, 1.807) is 18.1 Å². The molecular formula is C19H26BrN5OS. The van der Waals surface area contributed by atoms with Gasteiger partial charge in [-0.1, -0.05) is 13.0 Å². The number of hydrogen-bond donors (Lipinski definition) is 1. The molecule has 3 heterocycles. The number of carbonyl (C=O) groups excluding carboxylic acids is 1. The Bertz CT molecular complexity index is 750. The summed E-state index contributed by atoms with van der Waals surface area (Å²) in [5, 5.41) is 0.407. The van der Waals surface area contributed by atoms with E-state index in [2.05, 4.69) is 43.8 Å². The quantitative estimate of drug-likeness (QED) is 0.757. The number of halogens is 1. The second-order valence-electron chi connectivity index (χ2n) is 7.64. The molecule has 0 bridgehead atoms. The summed E-state index contributed by atoms with van der Waals surface area (Å²) < 4.78 is 1.16. The van der Waals surface area contributed by atoms with Crippen molar-refractivity contribution >= 4 is 39.4 Å².